The van der Waals surface area contributed by atoms with Crippen LogP contribution in [0.1, 0.15) is 5.56 Å². The van der Waals surface area contributed by atoms with Crippen LogP contribution in [0.2, 0.25) is 10.0 Å². The molecule has 0 saturated heterocycles. The SMILES string of the molecule is COc1ccc(NS(=O)(=O)c2ccc(OCC(=O)Nc3cccc(Cl)c3C)c(Cl)c2)cc1. The number of ether oxygens (including phenoxy) is 2. The number of carbonyl (C=O) groups excluding carboxylic acids is 1. The Kier molecular flexibility index (Phi) is 7.50. The first-order chi connectivity index (χ1) is 15.2. The Morgan fingerprint density at radius 1 is 1.00 bits per heavy atom. The summed E-state index contributed by atoms with van der Waals surface area (Å²) in [6.45, 7) is 1.47. The zero-order valence-corrected chi connectivity index (χ0v) is 19.5. The van der Waals surface area contributed by atoms with Gasteiger partial charge in [0.25, 0.3) is 15.9 Å². The summed E-state index contributed by atoms with van der Waals surface area (Å²) in [6, 6.07) is 15.6. The summed E-state index contributed by atoms with van der Waals surface area (Å²) < 4.78 is 38.2. The van der Waals surface area contributed by atoms with Gasteiger partial charge in [-0.25, -0.2) is 8.42 Å². The number of hydrogen-bond acceptors (Lipinski definition) is 5. The Hall–Kier alpha value is -2.94. The van der Waals surface area contributed by atoms with Gasteiger partial charge in [0.1, 0.15) is 11.5 Å². The van der Waals surface area contributed by atoms with Gasteiger partial charge in [0, 0.05) is 16.4 Å². The third-order valence-electron chi connectivity index (χ3n) is 4.46. The number of anilines is 2. The van der Waals surface area contributed by atoms with Crippen LogP contribution in [0.3, 0.4) is 0 Å². The number of halogens is 2. The minimum Gasteiger partial charge on any atom is -0.497 e. The molecule has 32 heavy (non-hydrogen) atoms. The molecule has 3 aromatic carbocycles. The van der Waals surface area contributed by atoms with Crippen molar-refractivity contribution in [2.75, 3.05) is 23.8 Å². The molecule has 1 amide bonds. The van der Waals surface area contributed by atoms with Crippen LogP contribution in [0.4, 0.5) is 11.4 Å². The summed E-state index contributed by atoms with van der Waals surface area (Å²) in [5.41, 5.74) is 1.68. The second-order valence-corrected chi connectivity index (χ2v) is 9.17. The van der Waals surface area contributed by atoms with E-state index in [-0.39, 0.29) is 22.3 Å². The Balaban J connectivity index is 1.65. The van der Waals surface area contributed by atoms with Crippen molar-refractivity contribution in [2.45, 2.75) is 11.8 Å². The molecule has 0 bridgehead atoms. The molecule has 3 aromatic rings. The Labute approximate surface area is 196 Å². The van der Waals surface area contributed by atoms with Crippen LogP contribution in [0.25, 0.3) is 0 Å². The van der Waals surface area contributed by atoms with Crippen LogP contribution in [0.5, 0.6) is 11.5 Å². The van der Waals surface area contributed by atoms with Gasteiger partial charge >= 0.3 is 0 Å². The highest BCUT2D eigenvalue weighted by atomic mass is 35.5. The topological polar surface area (TPSA) is 93.7 Å². The first-order valence-electron chi connectivity index (χ1n) is 9.34. The predicted molar refractivity (Wildman–Crippen MR) is 126 cm³/mol. The van der Waals surface area contributed by atoms with Crippen molar-refractivity contribution in [3.63, 3.8) is 0 Å². The fraction of sp³-hybridized carbons (Fsp3) is 0.136. The summed E-state index contributed by atoms with van der Waals surface area (Å²) in [5.74, 6) is 0.365. The Morgan fingerprint density at radius 3 is 2.38 bits per heavy atom. The fourth-order valence-corrected chi connectivity index (χ4v) is 4.27. The molecule has 2 N–H and O–H groups in total. The van der Waals surface area contributed by atoms with Crippen molar-refractivity contribution >= 4 is 50.5 Å². The summed E-state index contributed by atoms with van der Waals surface area (Å²) in [4.78, 5) is 12.1. The molecule has 0 saturated carbocycles. The molecule has 0 fully saturated rings. The normalized spacial score (nSPS) is 11.0. The lowest BCUT2D eigenvalue weighted by molar-refractivity contribution is -0.118. The van der Waals surface area contributed by atoms with E-state index in [2.05, 4.69) is 10.0 Å². The second-order valence-electron chi connectivity index (χ2n) is 6.68. The number of methoxy groups -OCH3 is 1. The van der Waals surface area contributed by atoms with E-state index in [0.717, 1.165) is 5.56 Å². The van der Waals surface area contributed by atoms with E-state index in [1.165, 1.54) is 25.3 Å². The number of benzene rings is 3. The molecule has 168 valence electrons. The number of nitrogens with one attached hydrogen (secondary N) is 2. The zero-order valence-electron chi connectivity index (χ0n) is 17.2. The molecule has 7 nitrogen and oxygen atoms in total. The van der Waals surface area contributed by atoms with Gasteiger partial charge in [-0.3, -0.25) is 9.52 Å². The van der Waals surface area contributed by atoms with Gasteiger partial charge in [0.05, 0.1) is 17.0 Å². The van der Waals surface area contributed by atoms with E-state index < -0.39 is 15.9 Å². The predicted octanol–water partition coefficient (Wildman–Crippen LogP) is 5.13. The number of sulfonamides is 1. The molecular weight excluding hydrogens is 475 g/mol. The lowest BCUT2D eigenvalue weighted by atomic mass is 10.2. The average Bonchev–Trinajstić information content (AvgIpc) is 2.76. The van der Waals surface area contributed by atoms with E-state index in [4.69, 9.17) is 32.7 Å². The smallest absolute Gasteiger partial charge is 0.262 e. The monoisotopic (exact) mass is 494 g/mol. The maximum atomic E-state index is 12.6. The first kappa shape index (κ1) is 23.7. The zero-order chi connectivity index (χ0) is 23.3. The summed E-state index contributed by atoms with van der Waals surface area (Å²) >= 11 is 12.2. The van der Waals surface area contributed by atoms with Crippen LogP contribution in [-0.4, -0.2) is 28.0 Å². The molecule has 0 unspecified atom stereocenters. The van der Waals surface area contributed by atoms with E-state index >= 15 is 0 Å². The van der Waals surface area contributed by atoms with Gasteiger partial charge in [-0.05, 0) is 67.1 Å². The second kappa shape index (κ2) is 10.1. The van der Waals surface area contributed by atoms with Gasteiger partial charge in [-0.2, -0.15) is 0 Å². The van der Waals surface area contributed by atoms with Crippen molar-refractivity contribution in [2.24, 2.45) is 0 Å². The summed E-state index contributed by atoms with van der Waals surface area (Å²) in [7, 11) is -2.35. The van der Waals surface area contributed by atoms with Crippen molar-refractivity contribution in [3.8, 4) is 11.5 Å². The van der Waals surface area contributed by atoms with Gasteiger partial charge in [0.2, 0.25) is 0 Å². The molecule has 0 heterocycles. The van der Waals surface area contributed by atoms with Crippen LogP contribution in [-0.2, 0) is 14.8 Å². The molecule has 0 spiro atoms. The molecular formula is C22H20Cl2N2O5S. The Bertz CT molecular complexity index is 1230. The first-order valence-corrected chi connectivity index (χ1v) is 11.6. The maximum Gasteiger partial charge on any atom is 0.262 e. The number of rotatable bonds is 8. The van der Waals surface area contributed by atoms with Crippen LogP contribution in [0.15, 0.2) is 65.6 Å². The molecule has 0 atom stereocenters. The molecule has 0 aliphatic rings. The average molecular weight is 495 g/mol. The van der Waals surface area contributed by atoms with Gasteiger partial charge in [-0.15, -0.1) is 0 Å². The van der Waals surface area contributed by atoms with Gasteiger partial charge in [-0.1, -0.05) is 29.3 Å². The van der Waals surface area contributed by atoms with E-state index in [0.29, 0.717) is 22.1 Å². The van der Waals surface area contributed by atoms with Crippen molar-refractivity contribution in [1.29, 1.82) is 0 Å². The third kappa shape index (κ3) is 5.85. The molecule has 3 rings (SSSR count). The number of carbonyl (C=O) groups is 1. The highest BCUT2D eigenvalue weighted by Crippen LogP contribution is 2.29. The minimum absolute atomic E-state index is 0.0503. The van der Waals surface area contributed by atoms with Crippen LogP contribution >= 0.6 is 23.2 Å². The largest absolute Gasteiger partial charge is 0.497 e. The highest BCUT2D eigenvalue weighted by Gasteiger charge is 2.17. The van der Waals surface area contributed by atoms with Crippen molar-refractivity contribution < 1.29 is 22.7 Å². The molecule has 0 aromatic heterocycles. The standard InChI is InChI=1S/C22H20Cl2N2O5S/c1-14-18(23)4-3-5-20(14)25-22(27)13-31-21-11-10-17(12-19(21)24)32(28,29)26-15-6-8-16(30-2)9-7-15/h3-12,26H,13H2,1-2H3,(H,25,27). The highest BCUT2D eigenvalue weighted by molar-refractivity contribution is 7.92. The molecule has 0 aliphatic heterocycles. The van der Waals surface area contributed by atoms with E-state index in [9.17, 15) is 13.2 Å². The Morgan fingerprint density at radius 2 is 1.72 bits per heavy atom. The number of hydrogen-bond donors (Lipinski definition) is 2. The molecule has 10 heteroatoms. The number of amides is 1. The van der Waals surface area contributed by atoms with Crippen molar-refractivity contribution in [1.82, 2.24) is 0 Å². The van der Waals surface area contributed by atoms with E-state index in [1.807, 2.05) is 0 Å². The minimum atomic E-state index is -3.88. The molecule has 0 aliphatic carbocycles. The van der Waals surface area contributed by atoms with Gasteiger partial charge in [0.15, 0.2) is 6.61 Å². The fourth-order valence-electron chi connectivity index (χ4n) is 2.71. The quantitative estimate of drug-likeness (QED) is 0.452. The lowest BCUT2D eigenvalue weighted by Crippen LogP contribution is -2.21. The van der Waals surface area contributed by atoms with Crippen molar-refractivity contribution in [3.05, 3.63) is 76.3 Å². The third-order valence-corrected chi connectivity index (χ3v) is 6.54. The lowest BCUT2D eigenvalue weighted by Gasteiger charge is -2.13. The van der Waals surface area contributed by atoms with Gasteiger partial charge < -0.3 is 14.8 Å². The summed E-state index contributed by atoms with van der Waals surface area (Å²) in [6.07, 6.45) is 0. The van der Waals surface area contributed by atoms with Crippen LogP contribution in [0, 0.1) is 6.92 Å². The summed E-state index contributed by atoms with van der Waals surface area (Å²) in [5, 5.41) is 3.29. The van der Waals surface area contributed by atoms with Crippen LogP contribution < -0.4 is 19.5 Å². The molecule has 0 radical (unpaired) electrons. The maximum absolute atomic E-state index is 12.6. The van der Waals surface area contributed by atoms with E-state index in [1.54, 1.807) is 49.4 Å².